The molecule has 2 heterocycles. The number of carbonyl (C=O) groups excluding carboxylic acids is 1. The predicted molar refractivity (Wildman–Crippen MR) is 86.9 cm³/mol. The molecule has 0 N–H and O–H groups in total. The number of amides is 1. The van der Waals surface area contributed by atoms with Crippen LogP contribution in [-0.4, -0.2) is 53.3 Å². The maximum absolute atomic E-state index is 12.4. The summed E-state index contributed by atoms with van der Waals surface area (Å²) in [7, 11) is 0. The number of benzene rings is 1. The summed E-state index contributed by atoms with van der Waals surface area (Å²) in [6, 6.07) is 5.69. The third-order valence-electron chi connectivity index (χ3n) is 4.03. The average molecular weight is 354 g/mol. The molecule has 2 atom stereocenters. The number of nitro benzene ring substituents is 1. The molecule has 2 fully saturated rings. The van der Waals surface area contributed by atoms with Crippen molar-refractivity contribution in [2.24, 2.45) is 0 Å². The van der Waals surface area contributed by atoms with Gasteiger partial charge in [0, 0.05) is 23.9 Å². The first kappa shape index (κ1) is 17.0. The van der Waals surface area contributed by atoms with Crippen molar-refractivity contribution >= 4 is 24.4 Å². The van der Waals surface area contributed by atoms with Gasteiger partial charge >= 0.3 is 6.09 Å². The van der Waals surface area contributed by atoms with E-state index in [0.717, 1.165) is 0 Å². The van der Waals surface area contributed by atoms with Gasteiger partial charge in [0.05, 0.1) is 24.2 Å². The molecule has 3 rings (SSSR count). The van der Waals surface area contributed by atoms with E-state index >= 15 is 0 Å². The van der Waals surface area contributed by atoms with Crippen LogP contribution in [0.3, 0.4) is 0 Å². The highest BCUT2D eigenvalue weighted by atomic mass is 32.1. The van der Waals surface area contributed by atoms with Crippen molar-refractivity contribution in [2.75, 3.05) is 19.8 Å². The zero-order valence-electron chi connectivity index (χ0n) is 12.9. The lowest BCUT2D eigenvalue weighted by molar-refractivity contribution is -0.384. The molecular formula is C15H18N2O6S. The summed E-state index contributed by atoms with van der Waals surface area (Å²) in [4.78, 5) is 24.1. The van der Waals surface area contributed by atoms with E-state index in [2.05, 4.69) is 12.6 Å². The van der Waals surface area contributed by atoms with Crippen LogP contribution in [0.25, 0.3) is 0 Å². The first-order valence-corrected chi connectivity index (χ1v) is 8.14. The molecule has 8 nitrogen and oxygen atoms in total. The third-order valence-corrected chi connectivity index (χ3v) is 4.40. The number of rotatable bonds is 4. The second kappa shape index (κ2) is 7.37. The topological polar surface area (TPSA) is 91.1 Å². The summed E-state index contributed by atoms with van der Waals surface area (Å²) in [5.74, 6) is 0. The van der Waals surface area contributed by atoms with Gasteiger partial charge in [-0.1, -0.05) is 0 Å². The van der Waals surface area contributed by atoms with Crippen molar-refractivity contribution in [1.82, 2.24) is 4.90 Å². The maximum atomic E-state index is 12.4. The van der Waals surface area contributed by atoms with E-state index in [9.17, 15) is 14.9 Å². The molecule has 24 heavy (non-hydrogen) atoms. The standard InChI is InChI=1S/C15H18N2O6S/c18-15(23-9-10-1-3-11(4-2-10)17(19)20)16-8-12(24)7-13(16)14-21-5-6-22-14/h1-4,12-14,24H,5-9H2/t12-,13-/m0/s1. The number of nitrogens with zero attached hydrogens (tertiary/aromatic N) is 2. The van der Waals surface area contributed by atoms with Gasteiger partial charge in [-0.2, -0.15) is 12.6 Å². The second-order valence-corrected chi connectivity index (χ2v) is 6.43. The van der Waals surface area contributed by atoms with Crippen molar-refractivity contribution in [1.29, 1.82) is 0 Å². The summed E-state index contributed by atoms with van der Waals surface area (Å²) >= 11 is 4.44. The van der Waals surface area contributed by atoms with Crippen LogP contribution in [0, 0.1) is 10.1 Å². The highest BCUT2D eigenvalue weighted by Crippen LogP contribution is 2.28. The average Bonchev–Trinajstić information content (AvgIpc) is 3.22. The van der Waals surface area contributed by atoms with E-state index in [1.807, 2.05) is 0 Å². The molecule has 0 aliphatic carbocycles. The number of non-ortho nitro benzene ring substituents is 1. The zero-order chi connectivity index (χ0) is 17.1. The van der Waals surface area contributed by atoms with Gasteiger partial charge < -0.3 is 14.2 Å². The fraction of sp³-hybridized carbons (Fsp3) is 0.533. The van der Waals surface area contributed by atoms with Crippen molar-refractivity contribution in [2.45, 2.75) is 30.6 Å². The second-order valence-electron chi connectivity index (χ2n) is 5.70. The third kappa shape index (κ3) is 3.80. The van der Waals surface area contributed by atoms with Crippen LogP contribution in [0.15, 0.2) is 24.3 Å². The van der Waals surface area contributed by atoms with Gasteiger partial charge in [-0.15, -0.1) is 0 Å². The molecule has 1 amide bonds. The molecule has 2 aliphatic rings. The van der Waals surface area contributed by atoms with Gasteiger partial charge in [-0.25, -0.2) is 4.79 Å². The number of hydrogen-bond acceptors (Lipinski definition) is 7. The van der Waals surface area contributed by atoms with E-state index in [1.165, 1.54) is 12.1 Å². The molecule has 0 radical (unpaired) electrons. The van der Waals surface area contributed by atoms with E-state index in [0.29, 0.717) is 31.7 Å². The van der Waals surface area contributed by atoms with Gasteiger partial charge in [-0.3, -0.25) is 15.0 Å². The van der Waals surface area contributed by atoms with Crippen LogP contribution in [0.1, 0.15) is 12.0 Å². The summed E-state index contributed by atoms with van der Waals surface area (Å²) in [5, 5.41) is 10.7. The molecule has 0 bridgehead atoms. The minimum atomic E-state index is -0.473. The SMILES string of the molecule is O=C(OCc1ccc([N+](=O)[O-])cc1)N1C[C@@H](S)C[C@H]1C1OCCO1. The largest absolute Gasteiger partial charge is 0.445 e. The maximum Gasteiger partial charge on any atom is 0.410 e. The van der Waals surface area contributed by atoms with Crippen molar-refractivity contribution < 1.29 is 23.9 Å². The van der Waals surface area contributed by atoms with E-state index in [4.69, 9.17) is 14.2 Å². The molecular weight excluding hydrogens is 336 g/mol. The molecule has 130 valence electrons. The smallest absolute Gasteiger partial charge is 0.410 e. The lowest BCUT2D eigenvalue weighted by Crippen LogP contribution is -2.43. The Kier molecular flexibility index (Phi) is 5.22. The van der Waals surface area contributed by atoms with Crippen LogP contribution >= 0.6 is 12.6 Å². The molecule has 1 aromatic carbocycles. The summed E-state index contributed by atoms with van der Waals surface area (Å²) in [5.41, 5.74) is 0.679. The van der Waals surface area contributed by atoms with E-state index in [-0.39, 0.29) is 23.6 Å². The van der Waals surface area contributed by atoms with Gasteiger partial charge in [0.1, 0.15) is 6.61 Å². The highest BCUT2D eigenvalue weighted by molar-refractivity contribution is 7.81. The monoisotopic (exact) mass is 354 g/mol. The van der Waals surface area contributed by atoms with Crippen molar-refractivity contribution in [3.05, 3.63) is 39.9 Å². The molecule has 0 spiro atoms. The molecule has 2 aliphatic heterocycles. The fourth-order valence-electron chi connectivity index (χ4n) is 2.85. The van der Waals surface area contributed by atoms with Crippen LogP contribution in [-0.2, 0) is 20.8 Å². The first-order valence-electron chi connectivity index (χ1n) is 7.62. The summed E-state index contributed by atoms with van der Waals surface area (Å²) in [6.07, 6.45) is -0.219. The first-order chi connectivity index (χ1) is 11.5. The van der Waals surface area contributed by atoms with Crippen LogP contribution in [0.4, 0.5) is 10.5 Å². The van der Waals surface area contributed by atoms with Gasteiger partial charge in [0.15, 0.2) is 6.29 Å². The minimum absolute atomic E-state index is 0.00173. The Balaban J connectivity index is 1.58. The van der Waals surface area contributed by atoms with Gasteiger partial charge in [0.25, 0.3) is 5.69 Å². The Morgan fingerprint density at radius 2 is 2.00 bits per heavy atom. The lowest BCUT2D eigenvalue weighted by atomic mass is 10.2. The van der Waals surface area contributed by atoms with Crippen LogP contribution in [0.2, 0.25) is 0 Å². The Morgan fingerprint density at radius 1 is 1.33 bits per heavy atom. The van der Waals surface area contributed by atoms with Gasteiger partial charge in [-0.05, 0) is 24.1 Å². The number of thiol groups is 1. The predicted octanol–water partition coefficient (Wildman–Crippen LogP) is 1.98. The van der Waals surface area contributed by atoms with Crippen molar-refractivity contribution in [3.8, 4) is 0 Å². The molecule has 0 saturated carbocycles. The van der Waals surface area contributed by atoms with Crippen molar-refractivity contribution in [3.63, 3.8) is 0 Å². The van der Waals surface area contributed by atoms with Crippen LogP contribution < -0.4 is 0 Å². The number of nitro groups is 1. The molecule has 1 aromatic rings. The number of hydrogen-bond donors (Lipinski definition) is 1. The summed E-state index contributed by atoms with van der Waals surface area (Å²) < 4.78 is 16.3. The van der Waals surface area contributed by atoms with Gasteiger partial charge in [0.2, 0.25) is 0 Å². The Bertz CT molecular complexity index is 604. The van der Waals surface area contributed by atoms with Crippen LogP contribution in [0.5, 0.6) is 0 Å². The zero-order valence-corrected chi connectivity index (χ0v) is 13.8. The molecule has 0 unspecified atom stereocenters. The number of likely N-dealkylation sites (tertiary alicyclic amines) is 1. The lowest BCUT2D eigenvalue weighted by Gasteiger charge is -2.27. The highest BCUT2D eigenvalue weighted by Gasteiger charge is 2.42. The molecule has 0 aromatic heterocycles. The quantitative estimate of drug-likeness (QED) is 0.505. The van der Waals surface area contributed by atoms with E-state index in [1.54, 1.807) is 17.0 Å². The summed E-state index contributed by atoms with van der Waals surface area (Å²) in [6.45, 7) is 1.55. The Labute approximate surface area is 144 Å². The number of carbonyl (C=O) groups is 1. The Hall–Kier alpha value is -1.84. The Morgan fingerprint density at radius 3 is 2.62 bits per heavy atom. The minimum Gasteiger partial charge on any atom is -0.445 e. The normalized spacial score (nSPS) is 24.3. The number of ether oxygens (including phenoxy) is 3. The molecule has 2 saturated heterocycles. The fourth-order valence-corrected chi connectivity index (χ4v) is 3.24. The molecule has 9 heteroatoms. The van der Waals surface area contributed by atoms with E-state index < -0.39 is 17.3 Å².